The second-order valence-electron chi connectivity index (χ2n) is 3.07. The van der Waals surface area contributed by atoms with E-state index in [-0.39, 0.29) is 5.19 Å². The number of benzene rings is 1. The van der Waals surface area contributed by atoms with Crippen molar-refractivity contribution in [2.75, 3.05) is 14.2 Å². The minimum atomic E-state index is -4.45. The van der Waals surface area contributed by atoms with Gasteiger partial charge in [0.15, 0.2) is 0 Å². The molecule has 90 valence electrons. The average molecular weight is 252 g/mol. The number of hydrogen-bond acceptors (Lipinski definition) is 3. The maximum atomic E-state index is 12.4. The highest BCUT2D eigenvalue weighted by atomic mass is 28.4. The van der Waals surface area contributed by atoms with Gasteiger partial charge in [0.05, 0.1) is 5.56 Å². The van der Waals surface area contributed by atoms with E-state index in [1.807, 2.05) is 0 Å². The predicted molar refractivity (Wildman–Crippen MR) is 53.1 cm³/mol. The Hall–Kier alpha value is -0.893. The number of rotatable bonds is 3. The van der Waals surface area contributed by atoms with Gasteiger partial charge < -0.3 is 13.6 Å². The molecule has 0 amide bonds. The van der Waals surface area contributed by atoms with E-state index in [9.17, 15) is 18.0 Å². The van der Waals surface area contributed by atoms with Gasteiger partial charge in [0, 0.05) is 19.4 Å². The van der Waals surface area contributed by atoms with Crippen molar-refractivity contribution < 1.29 is 26.8 Å². The second kappa shape index (κ2) is 4.54. The van der Waals surface area contributed by atoms with Crippen LogP contribution in [-0.4, -0.2) is 27.8 Å². The third kappa shape index (κ3) is 2.61. The lowest BCUT2D eigenvalue weighted by Gasteiger charge is -2.20. The average Bonchev–Trinajstić information content (AvgIpc) is 2.27. The Balaban J connectivity index is 3.17. The molecular formula is C9H11F3O3Si. The standard InChI is InChI=1S/C9H11F3O3Si/c1-14-16(13,15-2)8-5-3-4-7(6-8)9(10,11)12/h3-6,13H,1-2H3. The molecule has 1 aromatic rings. The Bertz CT molecular complexity index is 363. The summed E-state index contributed by atoms with van der Waals surface area (Å²) in [6.07, 6.45) is -4.45. The SMILES string of the molecule is CO[Si](O)(OC)c1cccc(C(F)(F)F)c1. The van der Waals surface area contributed by atoms with Gasteiger partial charge in [-0.3, -0.25) is 0 Å². The summed E-state index contributed by atoms with van der Waals surface area (Å²) in [5.41, 5.74) is -0.843. The van der Waals surface area contributed by atoms with E-state index in [4.69, 9.17) is 8.85 Å². The first-order valence-electron chi connectivity index (χ1n) is 4.34. The fourth-order valence-electron chi connectivity index (χ4n) is 1.21. The molecule has 16 heavy (non-hydrogen) atoms. The third-order valence-electron chi connectivity index (χ3n) is 2.11. The maximum Gasteiger partial charge on any atom is 0.533 e. The van der Waals surface area contributed by atoms with E-state index in [0.717, 1.165) is 12.1 Å². The molecule has 0 aliphatic rings. The summed E-state index contributed by atoms with van der Waals surface area (Å²) in [6.45, 7) is 0. The summed E-state index contributed by atoms with van der Waals surface area (Å²) in [5, 5.41) is 0.0207. The Kier molecular flexibility index (Phi) is 3.74. The highest BCUT2D eigenvalue weighted by Gasteiger charge is 2.39. The van der Waals surface area contributed by atoms with E-state index in [1.54, 1.807) is 0 Å². The molecule has 7 heteroatoms. The molecule has 0 unspecified atom stereocenters. The van der Waals surface area contributed by atoms with E-state index in [1.165, 1.54) is 26.4 Å². The van der Waals surface area contributed by atoms with Crippen molar-refractivity contribution in [3.63, 3.8) is 0 Å². The zero-order valence-electron chi connectivity index (χ0n) is 8.71. The van der Waals surface area contributed by atoms with Gasteiger partial charge in [-0.2, -0.15) is 13.2 Å². The first-order valence-corrected chi connectivity index (χ1v) is 6.10. The van der Waals surface area contributed by atoms with Crippen LogP contribution in [0.15, 0.2) is 24.3 Å². The molecule has 1 aromatic carbocycles. The summed E-state index contributed by atoms with van der Waals surface area (Å²) >= 11 is 0. The molecule has 0 spiro atoms. The lowest BCUT2D eigenvalue weighted by Crippen LogP contribution is -2.53. The molecule has 0 aliphatic carbocycles. The molecule has 0 fully saturated rings. The van der Waals surface area contributed by atoms with Crippen LogP contribution in [0.2, 0.25) is 0 Å². The highest BCUT2D eigenvalue weighted by Crippen LogP contribution is 2.28. The van der Waals surface area contributed by atoms with Gasteiger partial charge in [0.1, 0.15) is 0 Å². The Morgan fingerprint density at radius 3 is 2.19 bits per heavy atom. The fourth-order valence-corrected chi connectivity index (χ4v) is 2.49. The van der Waals surface area contributed by atoms with Gasteiger partial charge in [-0.05, 0) is 6.07 Å². The summed E-state index contributed by atoms with van der Waals surface area (Å²) in [7, 11) is -1.30. The Morgan fingerprint density at radius 2 is 1.75 bits per heavy atom. The maximum absolute atomic E-state index is 12.4. The van der Waals surface area contributed by atoms with Gasteiger partial charge in [-0.25, -0.2) is 0 Å². The summed E-state index contributed by atoms with van der Waals surface area (Å²) < 4.78 is 46.7. The summed E-state index contributed by atoms with van der Waals surface area (Å²) in [6, 6.07) is 4.30. The van der Waals surface area contributed by atoms with Crippen molar-refractivity contribution in [3.05, 3.63) is 29.8 Å². The molecule has 1 rings (SSSR count). The van der Waals surface area contributed by atoms with Crippen molar-refractivity contribution in [1.82, 2.24) is 0 Å². The molecule has 0 bridgehead atoms. The van der Waals surface area contributed by atoms with Gasteiger partial charge >= 0.3 is 15.0 Å². The monoisotopic (exact) mass is 252 g/mol. The zero-order chi connectivity index (χ0) is 12.4. The van der Waals surface area contributed by atoms with Crippen LogP contribution in [0.5, 0.6) is 0 Å². The summed E-state index contributed by atoms with van der Waals surface area (Å²) in [4.78, 5) is 9.82. The number of hydrogen-bond donors (Lipinski definition) is 1. The minimum absolute atomic E-state index is 0.0207. The van der Waals surface area contributed by atoms with Crippen LogP contribution in [0.25, 0.3) is 0 Å². The molecule has 0 heterocycles. The minimum Gasteiger partial charge on any atom is -0.386 e. The third-order valence-corrected chi connectivity index (χ3v) is 4.26. The molecule has 0 atom stereocenters. The molecule has 0 aliphatic heterocycles. The predicted octanol–water partition coefficient (Wildman–Crippen LogP) is 1.14. The Labute approximate surface area is 91.8 Å². The lowest BCUT2D eigenvalue weighted by molar-refractivity contribution is -0.137. The zero-order valence-corrected chi connectivity index (χ0v) is 9.71. The summed E-state index contributed by atoms with van der Waals surface area (Å²) in [5.74, 6) is 0. The van der Waals surface area contributed by atoms with E-state index >= 15 is 0 Å². The van der Waals surface area contributed by atoms with Crippen LogP contribution < -0.4 is 5.19 Å². The molecule has 0 saturated heterocycles. The quantitative estimate of drug-likeness (QED) is 0.820. The number of halogens is 3. The first-order chi connectivity index (χ1) is 7.33. The molecule has 0 aromatic heterocycles. The molecular weight excluding hydrogens is 241 g/mol. The van der Waals surface area contributed by atoms with Crippen molar-refractivity contribution in [2.45, 2.75) is 6.18 Å². The van der Waals surface area contributed by atoms with Crippen LogP contribution in [-0.2, 0) is 15.0 Å². The first kappa shape index (κ1) is 13.2. The van der Waals surface area contributed by atoms with Crippen LogP contribution in [0.4, 0.5) is 13.2 Å². The van der Waals surface area contributed by atoms with Crippen LogP contribution >= 0.6 is 0 Å². The second-order valence-corrected chi connectivity index (χ2v) is 5.63. The van der Waals surface area contributed by atoms with Crippen molar-refractivity contribution >= 4 is 14.0 Å². The van der Waals surface area contributed by atoms with Crippen LogP contribution in [0.1, 0.15) is 5.56 Å². The van der Waals surface area contributed by atoms with Crippen molar-refractivity contribution in [1.29, 1.82) is 0 Å². The van der Waals surface area contributed by atoms with Crippen molar-refractivity contribution in [3.8, 4) is 0 Å². The molecule has 0 radical (unpaired) electrons. The van der Waals surface area contributed by atoms with Crippen molar-refractivity contribution in [2.24, 2.45) is 0 Å². The van der Waals surface area contributed by atoms with Crippen LogP contribution in [0, 0.1) is 0 Å². The largest absolute Gasteiger partial charge is 0.533 e. The smallest absolute Gasteiger partial charge is 0.386 e. The molecule has 0 saturated carbocycles. The number of alkyl halides is 3. The highest BCUT2D eigenvalue weighted by molar-refractivity contribution is 6.74. The van der Waals surface area contributed by atoms with E-state index < -0.39 is 20.5 Å². The van der Waals surface area contributed by atoms with Gasteiger partial charge in [-0.1, -0.05) is 18.2 Å². The fraction of sp³-hybridized carbons (Fsp3) is 0.333. The molecule has 3 nitrogen and oxygen atoms in total. The van der Waals surface area contributed by atoms with E-state index in [2.05, 4.69) is 0 Å². The normalized spacial score (nSPS) is 12.9. The van der Waals surface area contributed by atoms with Gasteiger partial charge in [0.2, 0.25) is 0 Å². The topological polar surface area (TPSA) is 38.7 Å². The van der Waals surface area contributed by atoms with E-state index in [0.29, 0.717) is 0 Å². The Morgan fingerprint density at radius 1 is 1.19 bits per heavy atom. The van der Waals surface area contributed by atoms with Gasteiger partial charge in [-0.15, -0.1) is 0 Å². The van der Waals surface area contributed by atoms with Crippen LogP contribution in [0.3, 0.4) is 0 Å². The molecule has 1 N–H and O–H groups in total. The lowest BCUT2D eigenvalue weighted by atomic mass is 10.2. The van der Waals surface area contributed by atoms with Gasteiger partial charge in [0.25, 0.3) is 0 Å².